The highest BCUT2D eigenvalue weighted by Crippen LogP contribution is 2.23. The summed E-state index contributed by atoms with van der Waals surface area (Å²) in [5.74, 6) is 0.850. The van der Waals surface area contributed by atoms with Gasteiger partial charge in [-0.1, -0.05) is 42.5 Å². The monoisotopic (exact) mass is 293 g/mol. The van der Waals surface area contributed by atoms with Gasteiger partial charge in [-0.2, -0.15) is 0 Å². The van der Waals surface area contributed by atoms with Crippen molar-refractivity contribution in [2.45, 2.75) is 20.3 Å². The second-order valence-electron chi connectivity index (χ2n) is 4.99. The lowest BCUT2D eigenvalue weighted by Gasteiger charge is -2.06. The molecular weight excluding hydrogens is 274 g/mol. The third-order valence-corrected chi connectivity index (χ3v) is 3.55. The van der Waals surface area contributed by atoms with E-state index >= 15 is 0 Å². The molecular formula is C18H19N3O. The number of aromatic nitrogens is 3. The van der Waals surface area contributed by atoms with Crippen LogP contribution < -0.4 is 4.74 Å². The molecule has 0 aliphatic carbocycles. The van der Waals surface area contributed by atoms with Gasteiger partial charge in [0.25, 0.3) is 0 Å². The summed E-state index contributed by atoms with van der Waals surface area (Å²) in [6, 6.07) is 16.2. The summed E-state index contributed by atoms with van der Waals surface area (Å²) in [5, 5.41) is 8.57. The van der Waals surface area contributed by atoms with Gasteiger partial charge >= 0.3 is 0 Å². The Hall–Kier alpha value is -2.62. The second kappa shape index (κ2) is 6.43. The molecule has 112 valence electrons. The van der Waals surface area contributed by atoms with Crippen LogP contribution >= 0.6 is 0 Å². The van der Waals surface area contributed by atoms with Crippen molar-refractivity contribution in [2.75, 3.05) is 6.61 Å². The summed E-state index contributed by atoms with van der Waals surface area (Å²) in [4.78, 5) is 0. The van der Waals surface area contributed by atoms with E-state index in [9.17, 15) is 0 Å². The van der Waals surface area contributed by atoms with Crippen molar-refractivity contribution in [3.63, 3.8) is 0 Å². The van der Waals surface area contributed by atoms with Crippen LogP contribution in [0.25, 0.3) is 16.9 Å². The molecule has 22 heavy (non-hydrogen) atoms. The van der Waals surface area contributed by atoms with Crippen LogP contribution in [-0.4, -0.2) is 21.6 Å². The summed E-state index contributed by atoms with van der Waals surface area (Å²) in [7, 11) is 0. The second-order valence-corrected chi connectivity index (χ2v) is 4.99. The molecule has 0 aliphatic rings. The van der Waals surface area contributed by atoms with Crippen molar-refractivity contribution >= 4 is 0 Å². The molecule has 0 aliphatic heterocycles. The first kappa shape index (κ1) is 14.3. The van der Waals surface area contributed by atoms with E-state index in [1.54, 1.807) is 0 Å². The zero-order valence-electron chi connectivity index (χ0n) is 12.9. The maximum absolute atomic E-state index is 5.54. The average molecular weight is 293 g/mol. The Balaban J connectivity index is 1.95. The molecule has 1 heterocycles. The topological polar surface area (TPSA) is 39.9 Å². The number of benzene rings is 2. The highest BCUT2D eigenvalue weighted by atomic mass is 16.5. The van der Waals surface area contributed by atoms with Crippen LogP contribution in [-0.2, 0) is 6.42 Å². The number of para-hydroxylation sites is 1. The van der Waals surface area contributed by atoms with Crippen LogP contribution in [0.3, 0.4) is 0 Å². The predicted octanol–water partition coefficient (Wildman–Crippen LogP) is 3.90. The van der Waals surface area contributed by atoms with Crippen molar-refractivity contribution in [3.8, 4) is 22.7 Å². The van der Waals surface area contributed by atoms with Gasteiger partial charge < -0.3 is 4.74 Å². The van der Waals surface area contributed by atoms with Gasteiger partial charge in [0, 0.05) is 5.56 Å². The predicted molar refractivity (Wildman–Crippen MR) is 87.3 cm³/mol. The first-order valence-electron chi connectivity index (χ1n) is 7.55. The summed E-state index contributed by atoms with van der Waals surface area (Å²) in [6.07, 6.45) is 2.92. The van der Waals surface area contributed by atoms with E-state index < -0.39 is 0 Å². The maximum Gasteiger partial charge on any atom is 0.119 e. The summed E-state index contributed by atoms with van der Waals surface area (Å²) < 4.78 is 7.38. The smallest absolute Gasteiger partial charge is 0.119 e. The van der Waals surface area contributed by atoms with Crippen molar-refractivity contribution in [1.29, 1.82) is 0 Å². The van der Waals surface area contributed by atoms with Crippen LogP contribution in [0.5, 0.6) is 5.75 Å². The molecule has 0 saturated heterocycles. The Kier molecular flexibility index (Phi) is 4.19. The molecule has 0 amide bonds. The molecule has 0 fully saturated rings. The lowest BCUT2D eigenvalue weighted by atomic mass is 10.1. The van der Waals surface area contributed by atoms with Crippen molar-refractivity contribution in [1.82, 2.24) is 15.0 Å². The highest BCUT2D eigenvalue weighted by molar-refractivity contribution is 5.60. The van der Waals surface area contributed by atoms with E-state index in [1.165, 1.54) is 5.56 Å². The summed E-state index contributed by atoms with van der Waals surface area (Å²) in [6.45, 7) is 4.77. The molecule has 0 radical (unpaired) electrons. The van der Waals surface area contributed by atoms with E-state index in [0.717, 1.165) is 29.1 Å². The van der Waals surface area contributed by atoms with Gasteiger partial charge in [0.15, 0.2) is 0 Å². The normalized spacial score (nSPS) is 10.6. The fourth-order valence-corrected chi connectivity index (χ4v) is 2.46. The minimum atomic E-state index is 0.653. The van der Waals surface area contributed by atoms with Gasteiger partial charge in [-0.15, -0.1) is 5.10 Å². The summed E-state index contributed by atoms with van der Waals surface area (Å²) >= 11 is 0. The SMILES string of the molecule is CCOc1cccc(-c2cn(-c3ccccc3CC)nn2)c1. The van der Waals surface area contributed by atoms with Crippen LogP contribution in [0.1, 0.15) is 19.4 Å². The summed E-state index contributed by atoms with van der Waals surface area (Å²) in [5.41, 5.74) is 4.17. The van der Waals surface area contributed by atoms with Crippen LogP contribution in [0.2, 0.25) is 0 Å². The standard InChI is InChI=1S/C18H19N3O/c1-3-14-8-5-6-11-18(14)21-13-17(19-20-21)15-9-7-10-16(12-15)22-4-2/h5-13H,3-4H2,1-2H3. The lowest BCUT2D eigenvalue weighted by Crippen LogP contribution is -1.99. The highest BCUT2D eigenvalue weighted by Gasteiger charge is 2.08. The fraction of sp³-hybridized carbons (Fsp3) is 0.222. The molecule has 0 N–H and O–H groups in total. The first-order chi connectivity index (χ1) is 10.8. The minimum Gasteiger partial charge on any atom is -0.494 e. The van der Waals surface area contributed by atoms with Gasteiger partial charge in [0.2, 0.25) is 0 Å². The average Bonchev–Trinajstić information content (AvgIpc) is 3.05. The van der Waals surface area contributed by atoms with Gasteiger partial charge in [-0.25, -0.2) is 4.68 Å². The third kappa shape index (κ3) is 2.86. The maximum atomic E-state index is 5.54. The first-order valence-corrected chi connectivity index (χ1v) is 7.55. The van der Waals surface area contributed by atoms with Crippen LogP contribution in [0.15, 0.2) is 54.7 Å². The van der Waals surface area contributed by atoms with Gasteiger partial charge in [0.05, 0.1) is 18.5 Å². The van der Waals surface area contributed by atoms with Crippen LogP contribution in [0, 0.1) is 0 Å². The molecule has 1 aromatic heterocycles. The molecule has 3 aromatic rings. The molecule has 0 saturated carbocycles. The van der Waals surface area contributed by atoms with E-state index in [-0.39, 0.29) is 0 Å². The number of rotatable bonds is 5. The third-order valence-electron chi connectivity index (χ3n) is 3.55. The number of aryl methyl sites for hydroxylation is 1. The molecule has 0 spiro atoms. The Bertz CT molecular complexity index is 764. The zero-order chi connectivity index (χ0) is 15.4. The number of hydrogen-bond acceptors (Lipinski definition) is 3. The molecule has 0 bridgehead atoms. The van der Waals surface area contributed by atoms with Gasteiger partial charge in [-0.05, 0) is 37.1 Å². The Morgan fingerprint density at radius 1 is 1.05 bits per heavy atom. The van der Waals surface area contributed by atoms with E-state index in [1.807, 2.05) is 54.2 Å². The molecule has 4 heteroatoms. The molecule has 0 atom stereocenters. The van der Waals surface area contributed by atoms with Gasteiger partial charge in [-0.3, -0.25) is 0 Å². The largest absolute Gasteiger partial charge is 0.494 e. The van der Waals surface area contributed by atoms with Crippen molar-refractivity contribution in [3.05, 3.63) is 60.3 Å². The van der Waals surface area contributed by atoms with E-state index in [0.29, 0.717) is 6.61 Å². The molecule has 4 nitrogen and oxygen atoms in total. The fourth-order valence-electron chi connectivity index (χ4n) is 2.46. The number of hydrogen-bond donors (Lipinski definition) is 0. The Morgan fingerprint density at radius 2 is 1.91 bits per heavy atom. The Morgan fingerprint density at radius 3 is 2.73 bits per heavy atom. The number of ether oxygens (including phenoxy) is 1. The van der Waals surface area contributed by atoms with Crippen molar-refractivity contribution in [2.24, 2.45) is 0 Å². The minimum absolute atomic E-state index is 0.653. The molecule has 2 aromatic carbocycles. The van der Waals surface area contributed by atoms with Crippen molar-refractivity contribution < 1.29 is 4.74 Å². The lowest BCUT2D eigenvalue weighted by molar-refractivity contribution is 0.340. The van der Waals surface area contributed by atoms with Crippen LogP contribution in [0.4, 0.5) is 0 Å². The number of nitrogens with zero attached hydrogens (tertiary/aromatic N) is 3. The quantitative estimate of drug-likeness (QED) is 0.716. The van der Waals surface area contributed by atoms with Gasteiger partial charge in [0.1, 0.15) is 11.4 Å². The molecule has 0 unspecified atom stereocenters. The van der Waals surface area contributed by atoms with E-state index in [2.05, 4.69) is 29.4 Å². The molecule has 3 rings (SSSR count). The van der Waals surface area contributed by atoms with E-state index in [4.69, 9.17) is 4.74 Å². The Labute approximate surface area is 130 Å². The zero-order valence-corrected chi connectivity index (χ0v) is 12.9.